The van der Waals surface area contributed by atoms with Crippen LogP contribution in [0.4, 0.5) is 4.39 Å². The summed E-state index contributed by atoms with van der Waals surface area (Å²) in [4.78, 5) is 10.7. The lowest BCUT2D eigenvalue weighted by atomic mass is 10.2. The van der Waals surface area contributed by atoms with Crippen molar-refractivity contribution in [2.75, 3.05) is 7.11 Å². The van der Waals surface area contributed by atoms with Crippen molar-refractivity contribution in [2.45, 2.75) is 6.92 Å². The van der Waals surface area contributed by atoms with E-state index in [-0.39, 0.29) is 5.75 Å². The predicted molar refractivity (Wildman–Crippen MR) is 55.3 cm³/mol. The standard InChI is InChI=1S/C11H10FNO2/c1-7-5-13(6-14)10-4-9(12)11(15-2)3-8(7)10/h3-6H,1-2H3. The molecule has 3 nitrogen and oxygen atoms in total. The summed E-state index contributed by atoms with van der Waals surface area (Å²) >= 11 is 0. The van der Waals surface area contributed by atoms with Gasteiger partial charge in [0, 0.05) is 17.6 Å². The first kappa shape index (κ1) is 9.71. The number of ether oxygens (including phenoxy) is 1. The molecule has 0 saturated heterocycles. The summed E-state index contributed by atoms with van der Waals surface area (Å²) in [5.74, 6) is -0.277. The van der Waals surface area contributed by atoms with Gasteiger partial charge in [-0.2, -0.15) is 0 Å². The summed E-state index contributed by atoms with van der Waals surface area (Å²) in [6.07, 6.45) is 2.32. The lowest BCUT2D eigenvalue weighted by Crippen LogP contribution is -1.93. The first-order valence-corrected chi connectivity index (χ1v) is 4.47. The minimum absolute atomic E-state index is 0.189. The van der Waals surface area contributed by atoms with Gasteiger partial charge in [0.05, 0.1) is 12.6 Å². The van der Waals surface area contributed by atoms with E-state index in [1.54, 1.807) is 12.3 Å². The van der Waals surface area contributed by atoms with Crippen LogP contribution in [0.5, 0.6) is 5.75 Å². The Hall–Kier alpha value is -1.84. The zero-order valence-corrected chi connectivity index (χ0v) is 8.45. The Bertz CT molecular complexity index is 531. The lowest BCUT2D eigenvalue weighted by molar-refractivity contribution is 0.387. The zero-order valence-electron chi connectivity index (χ0n) is 8.45. The van der Waals surface area contributed by atoms with Crippen molar-refractivity contribution in [1.29, 1.82) is 0 Å². The van der Waals surface area contributed by atoms with Crippen LogP contribution in [-0.4, -0.2) is 18.1 Å². The molecular weight excluding hydrogens is 197 g/mol. The smallest absolute Gasteiger partial charge is 0.218 e. The largest absolute Gasteiger partial charge is 0.494 e. The highest BCUT2D eigenvalue weighted by molar-refractivity contribution is 5.89. The number of carbonyl (C=O) groups excluding carboxylic acids is 1. The Balaban J connectivity index is 2.82. The van der Waals surface area contributed by atoms with E-state index in [2.05, 4.69) is 0 Å². The third-order valence-corrected chi connectivity index (χ3v) is 2.42. The Morgan fingerprint density at radius 2 is 2.20 bits per heavy atom. The van der Waals surface area contributed by atoms with Crippen molar-refractivity contribution < 1.29 is 13.9 Å². The van der Waals surface area contributed by atoms with Crippen LogP contribution in [0.1, 0.15) is 5.56 Å². The quantitative estimate of drug-likeness (QED) is 0.706. The van der Waals surface area contributed by atoms with Gasteiger partial charge in [0.25, 0.3) is 0 Å². The van der Waals surface area contributed by atoms with Crippen LogP contribution in [0, 0.1) is 12.7 Å². The zero-order chi connectivity index (χ0) is 11.0. The SMILES string of the molecule is COc1cc2c(C)cn(C=O)c2cc1F. The maximum atomic E-state index is 13.4. The maximum absolute atomic E-state index is 13.4. The number of benzene rings is 1. The van der Waals surface area contributed by atoms with Gasteiger partial charge in [-0.1, -0.05) is 0 Å². The van der Waals surface area contributed by atoms with Crippen LogP contribution in [0.2, 0.25) is 0 Å². The molecule has 0 unspecified atom stereocenters. The molecule has 0 aliphatic rings. The summed E-state index contributed by atoms with van der Waals surface area (Å²) in [6, 6.07) is 2.90. The molecule has 0 spiro atoms. The molecule has 78 valence electrons. The normalized spacial score (nSPS) is 10.6. The average Bonchev–Trinajstić information content (AvgIpc) is 2.54. The van der Waals surface area contributed by atoms with Gasteiger partial charge in [-0.3, -0.25) is 9.36 Å². The number of fused-ring (bicyclic) bond motifs is 1. The van der Waals surface area contributed by atoms with Crippen molar-refractivity contribution in [3.8, 4) is 5.75 Å². The van der Waals surface area contributed by atoms with Gasteiger partial charge in [0.1, 0.15) is 0 Å². The summed E-state index contributed by atoms with van der Waals surface area (Å²) in [6.45, 7) is 1.86. The van der Waals surface area contributed by atoms with Crippen LogP contribution in [0.15, 0.2) is 18.3 Å². The summed E-state index contributed by atoms with van der Waals surface area (Å²) < 4.78 is 19.6. The van der Waals surface area contributed by atoms with E-state index in [9.17, 15) is 9.18 Å². The third-order valence-electron chi connectivity index (χ3n) is 2.42. The highest BCUT2D eigenvalue weighted by Gasteiger charge is 2.10. The number of hydrogen-bond donors (Lipinski definition) is 0. The number of aromatic nitrogens is 1. The molecule has 0 fully saturated rings. The van der Waals surface area contributed by atoms with Crippen molar-refractivity contribution in [3.63, 3.8) is 0 Å². The van der Waals surface area contributed by atoms with E-state index < -0.39 is 5.82 Å². The number of nitrogens with zero attached hydrogens (tertiary/aromatic N) is 1. The minimum Gasteiger partial charge on any atom is -0.494 e. The van der Waals surface area contributed by atoms with Gasteiger partial charge in [-0.25, -0.2) is 4.39 Å². The molecule has 0 N–H and O–H groups in total. The molecule has 1 heterocycles. The maximum Gasteiger partial charge on any atom is 0.218 e. The average molecular weight is 207 g/mol. The number of hydrogen-bond acceptors (Lipinski definition) is 2. The molecule has 0 amide bonds. The van der Waals surface area contributed by atoms with E-state index in [1.165, 1.54) is 17.7 Å². The van der Waals surface area contributed by atoms with Crippen LogP contribution in [0.3, 0.4) is 0 Å². The van der Waals surface area contributed by atoms with Gasteiger partial charge >= 0.3 is 0 Å². The van der Waals surface area contributed by atoms with Gasteiger partial charge < -0.3 is 4.74 Å². The predicted octanol–water partition coefficient (Wildman–Crippen LogP) is 2.14. The molecule has 0 bridgehead atoms. The van der Waals surface area contributed by atoms with E-state index in [0.29, 0.717) is 11.9 Å². The Kier molecular flexibility index (Phi) is 2.19. The highest BCUT2D eigenvalue weighted by Crippen LogP contribution is 2.27. The second-order valence-electron chi connectivity index (χ2n) is 3.33. The molecule has 0 aliphatic carbocycles. The second kappa shape index (κ2) is 3.38. The van der Waals surface area contributed by atoms with Gasteiger partial charge in [-0.15, -0.1) is 0 Å². The van der Waals surface area contributed by atoms with Crippen LogP contribution < -0.4 is 4.74 Å². The van der Waals surface area contributed by atoms with E-state index in [4.69, 9.17) is 4.74 Å². The van der Waals surface area contributed by atoms with Crippen molar-refractivity contribution >= 4 is 17.3 Å². The Labute approximate surface area is 86.1 Å². The minimum atomic E-state index is -0.466. The van der Waals surface area contributed by atoms with E-state index in [0.717, 1.165) is 10.9 Å². The molecule has 0 atom stereocenters. The highest BCUT2D eigenvalue weighted by atomic mass is 19.1. The number of halogens is 1. The molecule has 0 radical (unpaired) electrons. The fourth-order valence-electron chi connectivity index (χ4n) is 1.66. The number of methoxy groups -OCH3 is 1. The topological polar surface area (TPSA) is 31.2 Å². The number of carbonyl (C=O) groups is 1. The monoisotopic (exact) mass is 207 g/mol. The number of aryl methyl sites for hydroxylation is 1. The molecule has 2 rings (SSSR count). The lowest BCUT2D eigenvalue weighted by Gasteiger charge is -2.02. The molecule has 15 heavy (non-hydrogen) atoms. The Morgan fingerprint density at radius 1 is 1.47 bits per heavy atom. The second-order valence-corrected chi connectivity index (χ2v) is 3.33. The van der Waals surface area contributed by atoms with Gasteiger partial charge in [0.2, 0.25) is 6.41 Å². The van der Waals surface area contributed by atoms with E-state index in [1.807, 2.05) is 6.92 Å². The van der Waals surface area contributed by atoms with Crippen LogP contribution >= 0.6 is 0 Å². The molecule has 4 heteroatoms. The van der Waals surface area contributed by atoms with Crippen molar-refractivity contribution in [2.24, 2.45) is 0 Å². The summed E-state index contributed by atoms with van der Waals surface area (Å²) in [5, 5.41) is 0.820. The third kappa shape index (κ3) is 1.38. The van der Waals surface area contributed by atoms with E-state index >= 15 is 0 Å². The molecule has 0 saturated carbocycles. The van der Waals surface area contributed by atoms with Crippen LogP contribution in [-0.2, 0) is 4.79 Å². The molecular formula is C11H10FNO2. The fraction of sp³-hybridized carbons (Fsp3) is 0.182. The summed E-state index contributed by atoms with van der Waals surface area (Å²) in [5.41, 5.74) is 1.47. The summed E-state index contributed by atoms with van der Waals surface area (Å²) in [7, 11) is 1.41. The molecule has 1 aromatic heterocycles. The first-order valence-electron chi connectivity index (χ1n) is 4.47. The molecule has 2 aromatic rings. The molecule has 1 aromatic carbocycles. The van der Waals surface area contributed by atoms with Crippen molar-refractivity contribution in [1.82, 2.24) is 4.57 Å². The van der Waals surface area contributed by atoms with Crippen molar-refractivity contribution in [3.05, 3.63) is 29.7 Å². The Morgan fingerprint density at radius 3 is 2.80 bits per heavy atom. The molecule has 0 aliphatic heterocycles. The number of rotatable bonds is 2. The van der Waals surface area contributed by atoms with Gasteiger partial charge in [0.15, 0.2) is 11.6 Å². The fourth-order valence-corrected chi connectivity index (χ4v) is 1.66. The van der Waals surface area contributed by atoms with Gasteiger partial charge in [-0.05, 0) is 18.6 Å². The van der Waals surface area contributed by atoms with Crippen LogP contribution in [0.25, 0.3) is 10.9 Å². The first-order chi connectivity index (χ1) is 7.17.